The van der Waals surface area contributed by atoms with Gasteiger partial charge in [0.25, 0.3) is 0 Å². The van der Waals surface area contributed by atoms with Crippen molar-refractivity contribution < 1.29 is 4.39 Å². The van der Waals surface area contributed by atoms with Gasteiger partial charge in [-0.1, -0.05) is 32.0 Å². The topological polar surface area (TPSA) is 29.3 Å². The van der Waals surface area contributed by atoms with Crippen molar-refractivity contribution in [3.8, 4) is 0 Å². The van der Waals surface area contributed by atoms with E-state index in [4.69, 9.17) is 5.73 Å². The van der Waals surface area contributed by atoms with Crippen LogP contribution >= 0.6 is 0 Å². The predicted molar refractivity (Wildman–Crippen MR) is 72.8 cm³/mol. The first-order valence-electron chi connectivity index (χ1n) is 6.94. The van der Waals surface area contributed by atoms with Crippen molar-refractivity contribution in [1.29, 1.82) is 0 Å². The molecule has 2 N–H and O–H groups in total. The zero-order valence-electron chi connectivity index (χ0n) is 11.3. The summed E-state index contributed by atoms with van der Waals surface area (Å²) >= 11 is 0. The molecule has 1 aliphatic rings. The molecule has 0 aliphatic heterocycles. The van der Waals surface area contributed by atoms with Crippen molar-refractivity contribution in [1.82, 2.24) is 4.90 Å². The van der Waals surface area contributed by atoms with Crippen molar-refractivity contribution in [2.24, 2.45) is 5.73 Å². The average molecular weight is 250 g/mol. The number of nitrogens with two attached hydrogens (primary N) is 1. The lowest BCUT2D eigenvalue weighted by molar-refractivity contribution is 0.164. The molecule has 0 heterocycles. The summed E-state index contributed by atoms with van der Waals surface area (Å²) in [5.41, 5.74) is 7.00. The predicted octanol–water partition coefficient (Wildman–Crippen LogP) is 3.09. The highest BCUT2D eigenvalue weighted by molar-refractivity contribution is 5.23. The maximum absolute atomic E-state index is 14.0. The van der Waals surface area contributed by atoms with Gasteiger partial charge in [-0.25, -0.2) is 4.39 Å². The number of hydrogen-bond acceptors (Lipinski definition) is 2. The second kappa shape index (κ2) is 5.81. The Morgan fingerprint density at radius 2 is 2.00 bits per heavy atom. The van der Waals surface area contributed by atoms with Gasteiger partial charge in [0, 0.05) is 17.6 Å². The molecule has 1 aromatic rings. The molecule has 0 amide bonds. The van der Waals surface area contributed by atoms with E-state index in [1.807, 2.05) is 12.1 Å². The number of nitrogens with zero attached hydrogens (tertiary/aromatic N) is 1. The van der Waals surface area contributed by atoms with E-state index >= 15 is 0 Å². The molecule has 0 aromatic heterocycles. The Labute approximate surface area is 109 Å². The second-order valence-electron chi connectivity index (χ2n) is 5.10. The minimum Gasteiger partial charge on any atom is -0.326 e. The highest BCUT2D eigenvalue weighted by Gasteiger charge is 2.36. The van der Waals surface area contributed by atoms with Gasteiger partial charge in [0.05, 0.1) is 6.04 Å². The monoisotopic (exact) mass is 250 g/mol. The minimum absolute atomic E-state index is 0.00806. The molecule has 2 rings (SSSR count). The Morgan fingerprint density at radius 3 is 2.50 bits per heavy atom. The van der Waals surface area contributed by atoms with Crippen LogP contribution in [0.3, 0.4) is 0 Å². The van der Waals surface area contributed by atoms with Crippen LogP contribution in [0.1, 0.15) is 44.7 Å². The first kappa shape index (κ1) is 13.5. The average Bonchev–Trinajstić information content (AvgIpc) is 3.20. The molecule has 1 aliphatic carbocycles. The third-order valence-corrected chi connectivity index (χ3v) is 3.84. The van der Waals surface area contributed by atoms with Crippen molar-refractivity contribution in [2.75, 3.05) is 6.54 Å². The van der Waals surface area contributed by atoms with Crippen LogP contribution in [0.5, 0.6) is 0 Å². The summed E-state index contributed by atoms with van der Waals surface area (Å²) in [5.74, 6) is -0.134. The summed E-state index contributed by atoms with van der Waals surface area (Å²) in [4.78, 5) is 2.37. The second-order valence-corrected chi connectivity index (χ2v) is 5.10. The van der Waals surface area contributed by atoms with Crippen LogP contribution in [0, 0.1) is 5.82 Å². The van der Waals surface area contributed by atoms with E-state index in [0.29, 0.717) is 6.04 Å². The first-order chi connectivity index (χ1) is 8.69. The van der Waals surface area contributed by atoms with Crippen molar-refractivity contribution in [3.63, 3.8) is 0 Å². The third-order valence-electron chi connectivity index (χ3n) is 3.84. The van der Waals surface area contributed by atoms with Gasteiger partial charge in [0.2, 0.25) is 0 Å². The van der Waals surface area contributed by atoms with E-state index in [-0.39, 0.29) is 17.9 Å². The van der Waals surface area contributed by atoms with E-state index in [2.05, 4.69) is 18.7 Å². The number of rotatable bonds is 6. The van der Waals surface area contributed by atoms with Crippen molar-refractivity contribution in [3.05, 3.63) is 35.6 Å². The molecule has 0 bridgehead atoms. The largest absolute Gasteiger partial charge is 0.326 e. The SMILES string of the molecule is CCC(N)C(c1ccccc1F)N(CC)C1CC1. The number of hydrogen-bond donors (Lipinski definition) is 1. The summed E-state index contributed by atoms with van der Waals surface area (Å²) in [5, 5.41) is 0. The van der Waals surface area contributed by atoms with Crippen LogP contribution < -0.4 is 5.73 Å². The molecule has 2 unspecified atom stereocenters. The van der Waals surface area contributed by atoms with Crippen molar-refractivity contribution in [2.45, 2.75) is 51.2 Å². The summed E-state index contributed by atoms with van der Waals surface area (Å²) in [6, 6.07) is 7.63. The Kier molecular flexibility index (Phi) is 4.36. The van der Waals surface area contributed by atoms with E-state index in [1.54, 1.807) is 6.07 Å². The fourth-order valence-electron chi connectivity index (χ4n) is 2.68. The van der Waals surface area contributed by atoms with Gasteiger partial charge in [-0.2, -0.15) is 0 Å². The lowest BCUT2D eigenvalue weighted by atomic mass is 9.95. The molecule has 18 heavy (non-hydrogen) atoms. The molecule has 1 aromatic carbocycles. The van der Waals surface area contributed by atoms with Gasteiger partial charge in [-0.15, -0.1) is 0 Å². The van der Waals surface area contributed by atoms with Crippen LogP contribution in [0.2, 0.25) is 0 Å². The van der Waals surface area contributed by atoms with Gasteiger partial charge in [0.1, 0.15) is 5.82 Å². The molecule has 0 saturated heterocycles. The lowest BCUT2D eigenvalue weighted by Crippen LogP contribution is -2.42. The van der Waals surface area contributed by atoms with E-state index < -0.39 is 0 Å². The Morgan fingerprint density at radius 1 is 1.33 bits per heavy atom. The molecule has 0 radical (unpaired) electrons. The lowest BCUT2D eigenvalue weighted by Gasteiger charge is -2.35. The number of halogens is 1. The van der Waals surface area contributed by atoms with Gasteiger partial charge >= 0.3 is 0 Å². The molecule has 3 heteroatoms. The summed E-state index contributed by atoms with van der Waals surface area (Å²) < 4.78 is 14.0. The standard InChI is InChI=1S/C15H23FN2/c1-3-14(17)15(18(4-2)11-9-10-11)12-7-5-6-8-13(12)16/h5-8,11,14-15H,3-4,9-10,17H2,1-2H3. The first-order valence-corrected chi connectivity index (χ1v) is 6.94. The molecule has 1 fully saturated rings. The zero-order valence-corrected chi connectivity index (χ0v) is 11.3. The van der Waals surface area contributed by atoms with Crippen LogP contribution in [0.4, 0.5) is 4.39 Å². The van der Waals surface area contributed by atoms with Crippen LogP contribution in [0.15, 0.2) is 24.3 Å². The molecular formula is C15H23FN2. The normalized spacial score (nSPS) is 18.9. The molecule has 2 nitrogen and oxygen atoms in total. The quantitative estimate of drug-likeness (QED) is 0.840. The summed E-state index contributed by atoms with van der Waals surface area (Å²) in [7, 11) is 0. The fourth-order valence-corrected chi connectivity index (χ4v) is 2.68. The third kappa shape index (κ3) is 2.73. The maximum Gasteiger partial charge on any atom is 0.128 e. The fraction of sp³-hybridized carbons (Fsp3) is 0.600. The summed E-state index contributed by atoms with van der Waals surface area (Å²) in [6.07, 6.45) is 3.30. The smallest absolute Gasteiger partial charge is 0.128 e. The summed E-state index contributed by atoms with van der Waals surface area (Å²) in [6.45, 7) is 5.13. The molecule has 100 valence electrons. The van der Waals surface area contributed by atoms with Crippen LogP contribution in [-0.2, 0) is 0 Å². The van der Waals surface area contributed by atoms with E-state index in [0.717, 1.165) is 18.5 Å². The van der Waals surface area contributed by atoms with Gasteiger partial charge in [-0.05, 0) is 31.9 Å². The molecule has 1 saturated carbocycles. The highest BCUT2D eigenvalue weighted by atomic mass is 19.1. The van der Waals surface area contributed by atoms with Gasteiger partial charge in [-0.3, -0.25) is 4.90 Å². The van der Waals surface area contributed by atoms with Crippen LogP contribution in [-0.4, -0.2) is 23.5 Å². The van der Waals surface area contributed by atoms with Crippen molar-refractivity contribution >= 4 is 0 Å². The Balaban J connectivity index is 2.32. The molecular weight excluding hydrogens is 227 g/mol. The molecule has 2 atom stereocenters. The van der Waals surface area contributed by atoms with E-state index in [1.165, 1.54) is 18.9 Å². The Hall–Kier alpha value is -0.930. The van der Waals surface area contributed by atoms with Gasteiger partial charge in [0.15, 0.2) is 0 Å². The van der Waals surface area contributed by atoms with E-state index in [9.17, 15) is 4.39 Å². The van der Waals surface area contributed by atoms with Gasteiger partial charge < -0.3 is 5.73 Å². The molecule has 0 spiro atoms. The Bertz CT molecular complexity index is 390. The number of likely N-dealkylation sites (N-methyl/N-ethyl adjacent to an activating group) is 1. The minimum atomic E-state index is -0.134. The highest BCUT2D eigenvalue weighted by Crippen LogP contribution is 2.36. The number of benzene rings is 1. The zero-order chi connectivity index (χ0) is 13.1. The maximum atomic E-state index is 14.0. The van der Waals surface area contributed by atoms with Crippen LogP contribution in [0.25, 0.3) is 0 Å².